The van der Waals surface area contributed by atoms with Crippen molar-refractivity contribution in [3.8, 4) is 23.0 Å². The molecule has 0 bridgehead atoms. The molecular formula is C18H16O4S4. The highest BCUT2D eigenvalue weighted by molar-refractivity contribution is 8.79. The van der Waals surface area contributed by atoms with Crippen LogP contribution in [0.25, 0.3) is 0 Å². The van der Waals surface area contributed by atoms with Crippen LogP contribution in [0, 0.1) is 0 Å². The van der Waals surface area contributed by atoms with Gasteiger partial charge in [0.2, 0.25) is 12.6 Å². The Morgan fingerprint density at radius 2 is 0.846 bits per heavy atom. The summed E-state index contributed by atoms with van der Waals surface area (Å²) in [4.78, 5) is 4.78. The van der Waals surface area contributed by atoms with Crippen LogP contribution in [0.1, 0.15) is 26.7 Å². The second kappa shape index (κ2) is 6.89. The lowest BCUT2D eigenvalue weighted by Crippen LogP contribution is -2.15. The van der Waals surface area contributed by atoms with Crippen molar-refractivity contribution in [1.29, 1.82) is 0 Å². The van der Waals surface area contributed by atoms with E-state index in [4.69, 9.17) is 18.9 Å². The summed E-state index contributed by atoms with van der Waals surface area (Å²) in [5.41, 5.74) is 0. The lowest BCUT2D eigenvalue weighted by molar-refractivity contribution is 0.0460. The summed E-state index contributed by atoms with van der Waals surface area (Å²) in [6.45, 7) is 4.12. The third kappa shape index (κ3) is 3.00. The van der Waals surface area contributed by atoms with Crippen LogP contribution in [0.15, 0.2) is 43.8 Å². The summed E-state index contributed by atoms with van der Waals surface area (Å²) in [6.07, 6.45) is 1.32. The van der Waals surface area contributed by atoms with Crippen LogP contribution >= 0.6 is 43.2 Å². The molecule has 0 spiro atoms. The molecule has 136 valence electrons. The third-order valence-corrected chi connectivity index (χ3v) is 9.31. The van der Waals surface area contributed by atoms with Gasteiger partial charge in [-0.3, -0.25) is 0 Å². The highest BCUT2D eigenvalue weighted by Gasteiger charge is 2.28. The van der Waals surface area contributed by atoms with E-state index in [9.17, 15) is 0 Å². The van der Waals surface area contributed by atoms with Gasteiger partial charge in [-0.1, -0.05) is 57.0 Å². The lowest BCUT2D eigenvalue weighted by atomic mass is 10.3. The second-order valence-corrected chi connectivity index (χ2v) is 10.4. The number of fused-ring (bicyclic) bond motifs is 4. The predicted octanol–water partition coefficient (Wildman–Crippen LogP) is 6.61. The monoisotopic (exact) mass is 424 g/mol. The van der Waals surface area contributed by atoms with Gasteiger partial charge in [-0.2, -0.15) is 0 Å². The summed E-state index contributed by atoms with van der Waals surface area (Å²) in [5, 5.41) is 0. The molecule has 0 saturated heterocycles. The predicted molar refractivity (Wildman–Crippen MR) is 107 cm³/mol. The van der Waals surface area contributed by atoms with Crippen molar-refractivity contribution < 1.29 is 18.9 Å². The number of hydrogen-bond donors (Lipinski definition) is 0. The normalized spacial score (nSPS) is 18.2. The van der Waals surface area contributed by atoms with Gasteiger partial charge in [0, 0.05) is 32.4 Å². The molecule has 8 heteroatoms. The summed E-state index contributed by atoms with van der Waals surface area (Å²) < 4.78 is 23.4. The fraction of sp³-hybridized carbons (Fsp3) is 0.333. The second-order valence-electron chi connectivity index (χ2n) is 5.97. The lowest BCUT2D eigenvalue weighted by Gasteiger charge is -2.15. The van der Waals surface area contributed by atoms with Crippen molar-refractivity contribution in [3.63, 3.8) is 0 Å². The van der Waals surface area contributed by atoms with E-state index in [1.807, 2.05) is 0 Å². The van der Waals surface area contributed by atoms with Gasteiger partial charge in [-0.25, -0.2) is 0 Å². The molecule has 4 nitrogen and oxygen atoms in total. The molecule has 26 heavy (non-hydrogen) atoms. The van der Waals surface area contributed by atoms with Crippen LogP contribution in [-0.4, -0.2) is 12.6 Å². The summed E-state index contributed by atoms with van der Waals surface area (Å²) >= 11 is 0. The smallest absolute Gasteiger partial charge is 0.241 e. The van der Waals surface area contributed by atoms with Crippen molar-refractivity contribution in [3.05, 3.63) is 24.3 Å². The standard InChI is InChI=1S/C18H16O4S4/c1-3-17-19-9-5-13-14(6-10(9)20-17)24-26-16-8-12-11(7-15(16)25-23-13)21-18(4-2)22-12/h5-8,17-18H,3-4H2,1-2H3. The number of hydrogen-bond acceptors (Lipinski definition) is 8. The molecule has 0 saturated carbocycles. The maximum absolute atomic E-state index is 5.85. The summed E-state index contributed by atoms with van der Waals surface area (Å²) in [6, 6.07) is 8.38. The van der Waals surface area contributed by atoms with Crippen molar-refractivity contribution in [1.82, 2.24) is 0 Å². The maximum atomic E-state index is 5.85. The van der Waals surface area contributed by atoms with Gasteiger partial charge in [-0.15, -0.1) is 0 Å². The average Bonchev–Trinajstić information content (AvgIpc) is 3.24. The minimum atomic E-state index is -0.172. The van der Waals surface area contributed by atoms with Gasteiger partial charge >= 0.3 is 0 Å². The van der Waals surface area contributed by atoms with E-state index in [1.54, 1.807) is 43.2 Å². The Morgan fingerprint density at radius 1 is 0.577 bits per heavy atom. The van der Waals surface area contributed by atoms with E-state index in [-0.39, 0.29) is 12.6 Å². The van der Waals surface area contributed by atoms with Gasteiger partial charge in [0.1, 0.15) is 0 Å². The zero-order valence-corrected chi connectivity index (χ0v) is 17.4. The first-order valence-electron chi connectivity index (χ1n) is 8.45. The van der Waals surface area contributed by atoms with Gasteiger partial charge in [0.25, 0.3) is 0 Å². The molecule has 0 aromatic heterocycles. The van der Waals surface area contributed by atoms with Crippen LogP contribution < -0.4 is 18.9 Å². The Hall–Kier alpha value is -0.960. The Balaban J connectivity index is 1.44. The van der Waals surface area contributed by atoms with Gasteiger partial charge in [0.15, 0.2) is 23.0 Å². The quantitative estimate of drug-likeness (QED) is 0.498. The molecule has 3 heterocycles. The fourth-order valence-electron chi connectivity index (χ4n) is 2.80. The highest BCUT2D eigenvalue weighted by Crippen LogP contribution is 2.57. The molecule has 0 radical (unpaired) electrons. The molecule has 0 amide bonds. The van der Waals surface area contributed by atoms with Crippen molar-refractivity contribution in [2.24, 2.45) is 0 Å². The zero-order valence-electron chi connectivity index (χ0n) is 14.1. The molecule has 5 rings (SSSR count). The Morgan fingerprint density at radius 3 is 1.08 bits per heavy atom. The van der Waals surface area contributed by atoms with E-state index in [0.29, 0.717) is 0 Å². The largest absolute Gasteiger partial charge is 0.451 e. The summed E-state index contributed by atoms with van der Waals surface area (Å²) in [7, 11) is 6.97. The van der Waals surface area contributed by atoms with Crippen molar-refractivity contribution in [2.45, 2.75) is 58.9 Å². The maximum Gasteiger partial charge on any atom is 0.241 e. The molecule has 0 fully saturated rings. The number of benzene rings is 2. The van der Waals surface area contributed by atoms with Crippen LogP contribution in [0.2, 0.25) is 0 Å². The SMILES string of the molecule is CCC1Oc2cc3c(cc2O1)SSc1cc2c(cc1SS3)OC(CC)O2. The van der Waals surface area contributed by atoms with Crippen LogP contribution in [-0.2, 0) is 0 Å². The number of rotatable bonds is 2. The van der Waals surface area contributed by atoms with Crippen LogP contribution in [0.4, 0.5) is 0 Å². The molecule has 0 aliphatic carbocycles. The topological polar surface area (TPSA) is 36.9 Å². The molecule has 2 aromatic carbocycles. The van der Waals surface area contributed by atoms with E-state index in [0.717, 1.165) is 35.8 Å². The third-order valence-electron chi connectivity index (χ3n) is 4.16. The van der Waals surface area contributed by atoms with Gasteiger partial charge < -0.3 is 18.9 Å². The molecule has 3 aliphatic heterocycles. The van der Waals surface area contributed by atoms with E-state index in [2.05, 4.69) is 38.1 Å². The average molecular weight is 425 g/mol. The zero-order chi connectivity index (χ0) is 17.7. The van der Waals surface area contributed by atoms with Crippen LogP contribution in [0.5, 0.6) is 23.0 Å². The minimum absolute atomic E-state index is 0.172. The highest BCUT2D eigenvalue weighted by atomic mass is 33.1. The molecule has 3 aliphatic rings. The number of ether oxygens (including phenoxy) is 4. The molecule has 0 unspecified atom stereocenters. The fourth-order valence-corrected chi connectivity index (χ4v) is 8.21. The first kappa shape index (κ1) is 17.2. The molecule has 0 atom stereocenters. The molecular weight excluding hydrogens is 408 g/mol. The Kier molecular flexibility index (Phi) is 4.55. The summed E-state index contributed by atoms with van der Waals surface area (Å²) in [5.74, 6) is 3.36. The van der Waals surface area contributed by atoms with Gasteiger partial charge in [0.05, 0.1) is 0 Å². The van der Waals surface area contributed by atoms with Gasteiger partial charge in [-0.05, 0) is 24.3 Å². The van der Waals surface area contributed by atoms with E-state index in [1.165, 1.54) is 19.6 Å². The first-order chi connectivity index (χ1) is 12.7. The Labute approximate surface area is 167 Å². The first-order valence-corrected chi connectivity index (χ1v) is 12.7. The van der Waals surface area contributed by atoms with Crippen molar-refractivity contribution in [2.75, 3.05) is 0 Å². The van der Waals surface area contributed by atoms with E-state index < -0.39 is 0 Å². The minimum Gasteiger partial charge on any atom is -0.451 e. The molecule has 0 N–H and O–H groups in total. The Bertz CT molecular complexity index is 735. The van der Waals surface area contributed by atoms with Crippen molar-refractivity contribution >= 4 is 43.2 Å². The van der Waals surface area contributed by atoms with E-state index >= 15 is 0 Å². The van der Waals surface area contributed by atoms with Crippen LogP contribution in [0.3, 0.4) is 0 Å². The molecule has 2 aromatic rings.